The summed E-state index contributed by atoms with van der Waals surface area (Å²) < 4.78 is 5.74. The summed E-state index contributed by atoms with van der Waals surface area (Å²) in [4.78, 5) is 0. The van der Waals surface area contributed by atoms with Gasteiger partial charge in [0.25, 0.3) is 0 Å². The van der Waals surface area contributed by atoms with E-state index in [0.717, 1.165) is 18.0 Å². The molecule has 1 aliphatic rings. The Labute approximate surface area is 101 Å². The molecule has 0 unspecified atom stereocenters. The predicted octanol–water partition coefficient (Wildman–Crippen LogP) is 3.51. The van der Waals surface area contributed by atoms with E-state index in [4.69, 9.17) is 4.74 Å². The minimum Gasteiger partial charge on any atom is -0.457 e. The minimum absolute atomic E-state index is 0.542. The summed E-state index contributed by atoms with van der Waals surface area (Å²) in [6, 6.07) is 18.7. The van der Waals surface area contributed by atoms with Crippen LogP contribution in [0.5, 0.6) is 11.5 Å². The minimum atomic E-state index is 0.542. The fourth-order valence-electron chi connectivity index (χ4n) is 1.97. The van der Waals surface area contributed by atoms with Gasteiger partial charge < -0.3 is 10.1 Å². The summed E-state index contributed by atoms with van der Waals surface area (Å²) in [5.41, 5.74) is 1.34. The lowest BCUT2D eigenvalue weighted by molar-refractivity contribution is 0.383. The van der Waals surface area contributed by atoms with E-state index in [1.807, 2.05) is 42.5 Å². The van der Waals surface area contributed by atoms with E-state index in [0.29, 0.717) is 6.04 Å². The number of rotatable bonds is 3. The fraction of sp³-hybridized carbons (Fsp3) is 0.200. The van der Waals surface area contributed by atoms with Gasteiger partial charge in [0.15, 0.2) is 0 Å². The highest BCUT2D eigenvalue weighted by Gasteiger charge is 2.17. The highest BCUT2D eigenvalue weighted by atomic mass is 16.5. The highest BCUT2D eigenvalue weighted by Crippen LogP contribution is 2.26. The van der Waals surface area contributed by atoms with Crippen molar-refractivity contribution < 1.29 is 4.74 Å². The quantitative estimate of drug-likeness (QED) is 0.863. The number of para-hydroxylation sites is 1. The summed E-state index contributed by atoms with van der Waals surface area (Å²) in [5.74, 6) is 1.77. The van der Waals surface area contributed by atoms with Crippen molar-refractivity contribution in [2.75, 3.05) is 6.54 Å². The Bertz CT molecular complexity index is 474. The molecule has 0 bridgehead atoms. The molecule has 1 heterocycles. The van der Waals surface area contributed by atoms with Crippen LogP contribution in [0.2, 0.25) is 0 Å². The first-order valence-electron chi connectivity index (χ1n) is 5.98. The van der Waals surface area contributed by atoms with E-state index < -0.39 is 0 Å². The first-order valence-corrected chi connectivity index (χ1v) is 5.98. The lowest BCUT2D eigenvalue weighted by Crippen LogP contribution is -2.34. The smallest absolute Gasteiger partial charge is 0.127 e. The van der Waals surface area contributed by atoms with Crippen LogP contribution in [0.4, 0.5) is 0 Å². The molecule has 1 N–H and O–H groups in total. The molecule has 0 spiro atoms. The summed E-state index contributed by atoms with van der Waals surface area (Å²) in [6.45, 7) is 1.13. The van der Waals surface area contributed by atoms with Gasteiger partial charge in [-0.1, -0.05) is 30.3 Å². The second-order valence-electron chi connectivity index (χ2n) is 4.28. The molecule has 2 aromatic carbocycles. The van der Waals surface area contributed by atoms with Gasteiger partial charge in [0.1, 0.15) is 11.5 Å². The molecule has 17 heavy (non-hydrogen) atoms. The molecule has 0 radical (unpaired) electrons. The van der Waals surface area contributed by atoms with Crippen LogP contribution in [0.25, 0.3) is 0 Å². The van der Waals surface area contributed by atoms with Gasteiger partial charge in [-0.05, 0) is 42.8 Å². The Balaban J connectivity index is 1.72. The summed E-state index contributed by atoms with van der Waals surface area (Å²) >= 11 is 0. The van der Waals surface area contributed by atoms with Crippen molar-refractivity contribution in [3.05, 3.63) is 60.2 Å². The first kappa shape index (κ1) is 10.4. The van der Waals surface area contributed by atoms with Gasteiger partial charge in [-0.25, -0.2) is 0 Å². The number of nitrogens with one attached hydrogen (secondary N) is 1. The molecule has 3 rings (SSSR count). The van der Waals surface area contributed by atoms with Crippen LogP contribution >= 0.6 is 0 Å². The topological polar surface area (TPSA) is 21.3 Å². The van der Waals surface area contributed by atoms with E-state index >= 15 is 0 Å². The van der Waals surface area contributed by atoms with E-state index in [-0.39, 0.29) is 0 Å². The van der Waals surface area contributed by atoms with Crippen molar-refractivity contribution in [1.82, 2.24) is 5.32 Å². The molecule has 0 aliphatic carbocycles. The zero-order valence-corrected chi connectivity index (χ0v) is 9.60. The van der Waals surface area contributed by atoms with Crippen LogP contribution in [0.15, 0.2) is 54.6 Å². The van der Waals surface area contributed by atoms with Gasteiger partial charge in [-0.15, -0.1) is 0 Å². The van der Waals surface area contributed by atoms with E-state index in [1.54, 1.807) is 0 Å². The molecule has 1 fully saturated rings. The van der Waals surface area contributed by atoms with Crippen LogP contribution in [-0.2, 0) is 0 Å². The Kier molecular flexibility index (Phi) is 2.80. The Morgan fingerprint density at radius 3 is 2.12 bits per heavy atom. The third-order valence-electron chi connectivity index (χ3n) is 3.09. The molecule has 2 heteroatoms. The third kappa shape index (κ3) is 2.32. The maximum absolute atomic E-state index is 5.74. The first-order chi connectivity index (χ1) is 8.42. The second kappa shape index (κ2) is 4.60. The highest BCUT2D eigenvalue weighted by molar-refractivity contribution is 5.34. The normalized spacial score (nSPS) is 18.5. The lowest BCUT2D eigenvalue weighted by Gasteiger charge is -2.28. The van der Waals surface area contributed by atoms with Crippen molar-refractivity contribution >= 4 is 0 Å². The van der Waals surface area contributed by atoms with Crippen LogP contribution in [0, 0.1) is 0 Å². The van der Waals surface area contributed by atoms with E-state index in [2.05, 4.69) is 17.4 Å². The largest absolute Gasteiger partial charge is 0.457 e. The van der Waals surface area contributed by atoms with Crippen LogP contribution in [-0.4, -0.2) is 6.54 Å². The number of benzene rings is 2. The average molecular weight is 225 g/mol. The SMILES string of the molecule is c1ccc(Oc2ccc([C@@H]3CCN3)cc2)cc1. The fourth-order valence-corrected chi connectivity index (χ4v) is 1.97. The van der Waals surface area contributed by atoms with Crippen molar-refractivity contribution in [3.63, 3.8) is 0 Å². The molecular formula is C15H15NO. The van der Waals surface area contributed by atoms with Gasteiger partial charge in [-0.3, -0.25) is 0 Å². The molecule has 2 nitrogen and oxygen atoms in total. The van der Waals surface area contributed by atoms with Gasteiger partial charge in [0.2, 0.25) is 0 Å². The number of hydrogen-bond donors (Lipinski definition) is 1. The summed E-state index contributed by atoms with van der Waals surface area (Å²) in [7, 11) is 0. The molecule has 1 aliphatic heterocycles. The monoisotopic (exact) mass is 225 g/mol. The lowest BCUT2D eigenvalue weighted by atomic mass is 9.98. The maximum Gasteiger partial charge on any atom is 0.127 e. The van der Waals surface area contributed by atoms with E-state index in [1.165, 1.54) is 12.0 Å². The molecule has 86 valence electrons. The second-order valence-corrected chi connectivity index (χ2v) is 4.28. The zero-order valence-electron chi connectivity index (χ0n) is 9.60. The Morgan fingerprint density at radius 1 is 0.882 bits per heavy atom. The van der Waals surface area contributed by atoms with Crippen molar-refractivity contribution in [2.24, 2.45) is 0 Å². The standard InChI is InChI=1S/C15H15NO/c1-2-4-13(5-3-1)17-14-8-6-12(7-9-14)15-10-11-16-15/h1-9,15-16H,10-11H2/t15-/m0/s1. The van der Waals surface area contributed by atoms with Gasteiger partial charge in [-0.2, -0.15) is 0 Å². The molecule has 0 amide bonds. The molecule has 2 aromatic rings. The van der Waals surface area contributed by atoms with Gasteiger partial charge in [0.05, 0.1) is 0 Å². The third-order valence-corrected chi connectivity index (χ3v) is 3.09. The van der Waals surface area contributed by atoms with Crippen molar-refractivity contribution in [1.29, 1.82) is 0 Å². The molecular weight excluding hydrogens is 210 g/mol. The number of ether oxygens (including phenoxy) is 1. The number of hydrogen-bond acceptors (Lipinski definition) is 2. The summed E-state index contributed by atoms with van der Waals surface area (Å²) in [6.07, 6.45) is 1.24. The van der Waals surface area contributed by atoms with Crippen LogP contribution < -0.4 is 10.1 Å². The van der Waals surface area contributed by atoms with Crippen LogP contribution in [0.1, 0.15) is 18.0 Å². The summed E-state index contributed by atoms with van der Waals surface area (Å²) in [5, 5.41) is 3.39. The molecule has 0 saturated carbocycles. The van der Waals surface area contributed by atoms with Gasteiger partial charge in [0, 0.05) is 6.04 Å². The molecule has 1 saturated heterocycles. The maximum atomic E-state index is 5.74. The predicted molar refractivity (Wildman–Crippen MR) is 68.3 cm³/mol. The Morgan fingerprint density at radius 2 is 1.53 bits per heavy atom. The Hall–Kier alpha value is -1.80. The molecule has 1 atom stereocenters. The van der Waals surface area contributed by atoms with Crippen LogP contribution in [0.3, 0.4) is 0 Å². The van der Waals surface area contributed by atoms with Gasteiger partial charge >= 0.3 is 0 Å². The average Bonchev–Trinajstić information content (AvgIpc) is 2.31. The van der Waals surface area contributed by atoms with E-state index in [9.17, 15) is 0 Å². The molecule has 0 aromatic heterocycles. The van der Waals surface area contributed by atoms with Crippen molar-refractivity contribution in [3.8, 4) is 11.5 Å². The zero-order chi connectivity index (χ0) is 11.5. The van der Waals surface area contributed by atoms with Crippen molar-refractivity contribution in [2.45, 2.75) is 12.5 Å².